The van der Waals surface area contributed by atoms with Gasteiger partial charge in [-0.05, 0) is 32.7 Å². The molecule has 0 bridgehead atoms. The molecule has 1 heterocycles. The Bertz CT molecular complexity index is 206. The molecular formula is C10H20N4. The molecule has 0 aromatic carbocycles. The van der Waals surface area contributed by atoms with Crippen LogP contribution in [0.15, 0.2) is 4.99 Å². The van der Waals surface area contributed by atoms with Crippen molar-refractivity contribution in [2.75, 3.05) is 20.1 Å². The maximum Gasteiger partial charge on any atom is 0.191 e. The van der Waals surface area contributed by atoms with Crippen LogP contribution in [-0.2, 0) is 0 Å². The molecule has 1 aliphatic heterocycles. The fourth-order valence-electron chi connectivity index (χ4n) is 2.21. The molecule has 1 saturated carbocycles. The van der Waals surface area contributed by atoms with E-state index in [0.29, 0.717) is 6.04 Å². The van der Waals surface area contributed by atoms with Gasteiger partial charge in [0.1, 0.15) is 0 Å². The minimum atomic E-state index is 0.629. The lowest BCUT2D eigenvalue weighted by molar-refractivity contribution is 0.341. The van der Waals surface area contributed by atoms with Crippen LogP contribution in [0, 0.1) is 0 Å². The number of guanidine groups is 1. The van der Waals surface area contributed by atoms with Crippen LogP contribution in [0.5, 0.6) is 0 Å². The van der Waals surface area contributed by atoms with Gasteiger partial charge in [-0.1, -0.05) is 0 Å². The van der Waals surface area contributed by atoms with Gasteiger partial charge in [-0.25, -0.2) is 0 Å². The molecule has 0 saturated heterocycles. The number of hydrogen-bond acceptors (Lipinski definition) is 4. The minimum Gasteiger partial charge on any atom is -0.355 e. The molecule has 4 heteroatoms. The van der Waals surface area contributed by atoms with E-state index >= 15 is 0 Å². The average Bonchev–Trinajstić information content (AvgIpc) is 2.72. The highest BCUT2D eigenvalue weighted by Crippen LogP contribution is 2.18. The van der Waals surface area contributed by atoms with Crippen molar-refractivity contribution >= 4 is 5.96 Å². The first-order valence-electron chi connectivity index (χ1n) is 5.60. The van der Waals surface area contributed by atoms with Crippen molar-refractivity contribution in [1.29, 1.82) is 0 Å². The maximum atomic E-state index is 4.35. The van der Waals surface area contributed by atoms with E-state index in [9.17, 15) is 0 Å². The quantitative estimate of drug-likeness (QED) is 0.585. The van der Waals surface area contributed by atoms with Gasteiger partial charge in [-0.15, -0.1) is 0 Å². The highest BCUT2D eigenvalue weighted by molar-refractivity contribution is 5.81. The monoisotopic (exact) mass is 196 g/mol. The summed E-state index contributed by atoms with van der Waals surface area (Å²) in [6, 6.07) is 1.36. The molecule has 3 N–H and O–H groups in total. The highest BCUT2D eigenvalue weighted by atomic mass is 15.2. The second-order valence-electron chi connectivity index (χ2n) is 4.14. The van der Waals surface area contributed by atoms with Gasteiger partial charge in [-0.2, -0.15) is 0 Å². The molecule has 4 nitrogen and oxygen atoms in total. The molecule has 0 spiro atoms. The van der Waals surface area contributed by atoms with Crippen LogP contribution in [-0.4, -0.2) is 38.2 Å². The summed E-state index contributed by atoms with van der Waals surface area (Å²) in [5.74, 6) is 1.01. The summed E-state index contributed by atoms with van der Waals surface area (Å²) in [5.41, 5.74) is 0. The van der Waals surface area contributed by atoms with E-state index in [1.54, 1.807) is 0 Å². The fraction of sp³-hybridized carbons (Fsp3) is 0.900. The van der Waals surface area contributed by atoms with Gasteiger partial charge in [0, 0.05) is 18.6 Å². The Morgan fingerprint density at radius 3 is 2.50 bits per heavy atom. The molecule has 2 aliphatic rings. The molecule has 0 atom stereocenters. The Balaban J connectivity index is 1.72. The Morgan fingerprint density at radius 1 is 1.21 bits per heavy atom. The molecule has 1 aliphatic carbocycles. The summed E-state index contributed by atoms with van der Waals surface area (Å²) in [7, 11) is 2.06. The normalized spacial score (nSPS) is 32.2. The van der Waals surface area contributed by atoms with Crippen molar-refractivity contribution in [3.8, 4) is 0 Å². The topological polar surface area (TPSA) is 48.5 Å². The number of nitrogens with one attached hydrogen (secondary N) is 3. The molecule has 80 valence electrons. The molecule has 0 aromatic rings. The zero-order valence-corrected chi connectivity index (χ0v) is 8.84. The van der Waals surface area contributed by atoms with Crippen molar-refractivity contribution in [2.24, 2.45) is 4.99 Å². The van der Waals surface area contributed by atoms with E-state index < -0.39 is 0 Å². The molecule has 1 fully saturated rings. The molecule has 0 amide bonds. The molecule has 0 radical (unpaired) electrons. The first kappa shape index (κ1) is 9.77. The SMILES string of the molecule is CNC1CCC(NC2=NCCN2)CC1. The minimum absolute atomic E-state index is 0.629. The lowest BCUT2D eigenvalue weighted by Gasteiger charge is -2.29. The third-order valence-corrected chi connectivity index (χ3v) is 3.15. The van der Waals surface area contributed by atoms with Crippen LogP contribution >= 0.6 is 0 Å². The number of hydrogen-bond donors (Lipinski definition) is 3. The summed E-state index contributed by atoms with van der Waals surface area (Å²) >= 11 is 0. The van der Waals surface area contributed by atoms with Crippen LogP contribution in [0.25, 0.3) is 0 Å². The maximum absolute atomic E-state index is 4.35. The van der Waals surface area contributed by atoms with E-state index in [-0.39, 0.29) is 0 Å². The Labute approximate surface area is 85.6 Å². The van der Waals surface area contributed by atoms with Crippen LogP contribution < -0.4 is 16.0 Å². The standard InChI is InChI=1S/C10H20N4/c1-11-8-2-4-9(5-3-8)14-10-12-6-7-13-10/h8-9,11H,2-7H2,1H3,(H2,12,13,14). The fourth-order valence-corrected chi connectivity index (χ4v) is 2.21. The largest absolute Gasteiger partial charge is 0.355 e. The summed E-state index contributed by atoms with van der Waals surface area (Å²) in [6.07, 6.45) is 5.07. The Hall–Kier alpha value is -0.770. The van der Waals surface area contributed by atoms with Crippen LogP contribution in [0.4, 0.5) is 0 Å². The van der Waals surface area contributed by atoms with E-state index in [2.05, 4.69) is 28.0 Å². The van der Waals surface area contributed by atoms with Crippen molar-refractivity contribution < 1.29 is 0 Å². The van der Waals surface area contributed by atoms with Gasteiger partial charge in [0.2, 0.25) is 0 Å². The first-order chi connectivity index (χ1) is 6.88. The average molecular weight is 196 g/mol. The molecule has 2 rings (SSSR count). The van der Waals surface area contributed by atoms with Crippen LogP contribution in [0.1, 0.15) is 25.7 Å². The van der Waals surface area contributed by atoms with Crippen molar-refractivity contribution in [2.45, 2.75) is 37.8 Å². The highest BCUT2D eigenvalue weighted by Gasteiger charge is 2.20. The zero-order valence-electron chi connectivity index (χ0n) is 8.84. The first-order valence-corrected chi connectivity index (χ1v) is 5.60. The Morgan fingerprint density at radius 2 is 1.93 bits per heavy atom. The van der Waals surface area contributed by atoms with Gasteiger partial charge in [0.25, 0.3) is 0 Å². The van der Waals surface area contributed by atoms with Gasteiger partial charge >= 0.3 is 0 Å². The number of nitrogens with zero attached hydrogens (tertiary/aromatic N) is 1. The van der Waals surface area contributed by atoms with Crippen LogP contribution in [0.3, 0.4) is 0 Å². The van der Waals surface area contributed by atoms with Crippen molar-refractivity contribution in [3.05, 3.63) is 0 Å². The van der Waals surface area contributed by atoms with E-state index in [4.69, 9.17) is 0 Å². The van der Waals surface area contributed by atoms with Gasteiger partial charge < -0.3 is 16.0 Å². The third kappa shape index (κ3) is 2.38. The lowest BCUT2D eigenvalue weighted by atomic mass is 9.91. The van der Waals surface area contributed by atoms with Gasteiger partial charge in [0.05, 0.1) is 6.54 Å². The van der Waals surface area contributed by atoms with E-state index in [1.165, 1.54) is 25.7 Å². The molecule has 14 heavy (non-hydrogen) atoms. The van der Waals surface area contributed by atoms with E-state index in [0.717, 1.165) is 25.1 Å². The smallest absolute Gasteiger partial charge is 0.191 e. The van der Waals surface area contributed by atoms with Crippen LogP contribution in [0.2, 0.25) is 0 Å². The predicted octanol–water partition coefficient (Wildman–Crippen LogP) is 0.0658. The number of aliphatic imine (C=N–C) groups is 1. The summed E-state index contributed by atoms with van der Waals surface area (Å²) in [4.78, 5) is 4.35. The Kier molecular flexibility index (Phi) is 3.24. The second kappa shape index (κ2) is 4.64. The van der Waals surface area contributed by atoms with Gasteiger partial charge in [0.15, 0.2) is 5.96 Å². The van der Waals surface area contributed by atoms with Gasteiger partial charge in [-0.3, -0.25) is 4.99 Å². The lowest BCUT2D eigenvalue weighted by Crippen LogP contribution is -2.44. The second-order valence-corrected chi connectivity index (χ2v) is 4.14. The third-order valence-electron chi connectivity index (χ3n) is 3.15. The van der Waals surface area contributed by atoms with E-state index in [1.807, 2.05) is 0 Å². The predicted molar refractivity (Wildman–Crippen MR) is 58.5 cm³/mol. The molecule has 0 unspecified atom stereocenters. The molecular weight excluding hydrogens is 176 g/mol. The number of rotatable bonds is 2. The van der Waals surface area contributed by atoms with Crippen molar-refractivity contribution in [1.82, 2.24) is 16.0 Å². The summed E-state index contributed by atoms with van der Waals surface area (Å²) in [5, 5.41) is 10.1. The summed E-state index contributed by atoms with van der Waals surface area (Å²) < 4.78 is 0. The summed E-state index contributed by atoms with van der Waals surface area (Å²) in [6.45, 7) is 1.92. The van der Waals surface area contributed by atoms with Crippen molar-refractivity contribution in [3.63, 3.8) is 0 Å². The molecule has 0 aromatic heterocycles. The zero-order chi connectivity index (χ0) is 9.80.